The highest BCUT2D eigenvalue weighted by molar-refractivity contribution is 6.71. The molecule has 0 unspecified atom stereocenters. The van der Waals surface area contributed by atoms with Gasteiger partial charge in [-0.2, -0.15) is 0 Å². The van der Waals surface area contributed by atoms with E-state index in [1.165, 1.54) is 18.2 Å². The Hall–Kier alpha value is -2.52. The zero-order valence-corrected chi connectivity index (χ0v) is 17.7. The summed E-state index contributed by atoms with van der Waals surface area (Å²) in [6.45, 7) is 6.63. The van der Waals surface area contributed by atoms with Crippen molar-refractivity contribution in [2.75, 3.05) is 26.2 Å². The van der Waals surface area contributed by atoms with Crippen molar-refractivity contribution in [3.8, 4) is 0 Å². The van der Waals surface area contributed by atoms with E-state index in [2.05, 4.69) is 10.3 Å². The first-order valence-corrected chi connectivity index (χ1v) is 9.49. The van der Waals surface area contributed by atoms with E-state index in [9.17, 15) is 9.59 Å². The predicted molar refractivity (Wildman–Crippen MR) is 109 cm³/mol. The van der Waals surface area contributed by atoms with E-state index in [0.717, 1.165) is 0 Å². The predicted octanol–water partition coefficient (Wildman–Crippen LogP) is 3.13. The van der Waals surface area contributed by atoms with Gasteiger partial charge in [0, 0.05) is 42.9 Å². The second-order valence-electron chi connectivity index (χ2n) is 7.34. The summed E-state index contributed by atoms with van der Waals surface area (Å²) in [5.74, 6) is -0.332. The third-order valence-corrected chi connectivity index (χ3v) is 4.64. The van der Waals surface area contributed by atoms with Crippen molar-refractivity contribution >= 4 is 45.5 Å². The lowest BCUT2D eigenvalue weighted by Crippen LogP contribution is -2.51. The standard InChI is InChI=1S/C18H22Cl2N4O5/c1-18(2,3)29-17(26)24-6-4-23(5-7-24)16(25)13-9-11(14(19)21-27)8-12(10-13)15(20)22-28/h8-10,27-28H,4-7H2,1-3H3. The van der Waals surface area contributed by atoms with Crippen LogP contribution < -0.4 is 0 Å². The summed E-state index contributed by atoms with van der Waals surface area (Å²) in [6.07, 6.45) is -0.425. The number of rotatable bonds is 3. The number of ether oxygens (including phenoxy) is 1. The number of hydrogen-bond acceptors (Lipinski definition) is 7. The van der Waals surface area contributed by atoms with Crippen molar-refractivity contribution in [2.24, 2.45) is 10.3 Å². The molecular weight excluding hydrogens is 423 g/mol. The number of carbonyl (C=O) groups excluding carboxylic acids is 2. The average molecular weight is 445 g/mol. The summed E-state index contributed by atoms with van der Waals surface area (Å²) in [6, 6.07) is 4.30. The molecule has 1 fully saturated rings. The second-order valence-corrected chi connectivity index (χ2v) is 8.06. The van der Waals surface area contributed by atoms with E-state index in [1.54, 1.807) is 30.6 Å². The quantitative estimate of drug-likeness (QED) is 0.422. The zero-order chi connectivity index (χ0) is 21.8. The van der Waals surface area contributed by atoms with Gasteiger partial charge in [-0.25, -0.2) is 4.79 Å². The van der Waals surface area contributed by atoms with E-state index in [4.69, 9.17) is 38.4 Å². The highest BCUT2D eigenvalue weighted by Gasteiger charge is 2.28. The van der Waals surface area contributed by atoms with E-state index in [1.807, 2.05) is 0 Å². The highest BCUT2D eigenvalue weighted by atomic mass is 35.5. The van der Waals surface area contributed by atoms with Gasteiger partial charge in [-0.05, 0) is 39.0 Å². The van der Waals surface area contributed by atoms with Crippen LogP contribution >= 0.6 is 23.2 Å². The third-order valence-electron chi connectivity index (χ3n) is 4.05. The Morgan fingerprint density at radius 3 is 1.72 bits per heavy atom. The second kappa shape index (κ2) is 9.32. The first kappa shape index (κ1) is 22.8. The Bertz CT molecular complexity index is 807. The number of halogens is 2. The Morgan fingerprint density at radius 2 is 1.31 bits per heavy atom. The fraction of sp³-hybridized carbons (Fsp3) is 0.444. The van der Waals surface area contributed by atoms with Crippen LogP contribution in [0.5, 0.6) is 0 Å². The first-order chi connectivity index (χ1) is 13.6. The van der Waals surface area contributed by atoms with Gasteiger partial charge in [0.1, 0.15) is 5.60 Å². The Kier molecular flexibility index (Phi) is 7.32. The van der Waals surface area contributed by atoms with Gasteiger partial charge in [0.05, 0.1) is 0 Å². The SMILES string of the molecule is CC(C)(C)OC(=O)N1CCN(C(=O)c2cc(C(Cl)=NO)cc(C(Cl)=NO)c2)CC1. The molecule has 1 heterocycles. The van der Waals surface area contributed by atoms with E-state index >= 15 is 0 Å². The molecular formula is C18H22Cl2N4O5. The minimum Gasteiger partial charge on any atom is -0.444 e. The van der Waals surface area contributed by atoms with Crippen molar-refractivity contribution in [3.05, 3.63) is 34.9 Å². The molecule has 1 aromatic rings. The fourth-order valence-electron chi connectivity index (χ4n) is 2.71. The van der Waals surface area contributed by atoms with Gasteiger partial charge in [0.2, 0.25) is 0 Å². The lowest BCUT2D eigenvalue weighted by Gasteiger charge is -2.35. The molecule has 9 nitrogen and oxygen atoms in total. The lowest BCUT2D eigenvalue weighted by atomic mass is 10.0. The minimum atomic E-state index is -0.595. The maximum atomic E-state index is 12.9. The zero-order valence-electron chi connectivity index (χ0n) is 16.2. The summed E-state index contributed by atoms with van der Waals surface area (Å²) in [7, 11) is 0. The Balaban J connectivity index is 2.18. The maximum Gasteiger partial charge on any atom is 0.410 e. The minimum absolute atomic E-state index is 0.215. The topological polar surface area (TPSA) is 115 Å². The molecule has 1 aliphatic heterocycles. The van der Waals surface area contributed by atoms with Crippen LogP contribution in [-0.4, -0.2) is 74.3 Å². The van der Waals surface area contributed by atoms with Crippen LogP contribution in [0.2, 0.25) is 0 Å². The fourth-order valence-corrected chi connectivity index (χ4v) is 2.92. The van der Waals surface area contributed by atoms with Crippen LogP contribution in [0.3, 0.4) is 0 Å². The van der Waals surface area contributed by atoms with Gasteiger partial charge in [0.15, 0.2) is 10.3 Å². The normalized spacial score (nSPS) is 16.0. The van der Waals surface area contributed by atoms with Crippen molar-refractivity contribution in [2.45, 2.75) is 26.4 Å². The first-order valence-electron chi connectivity index (χ1n) is 8.74. The van der Waals surface area contributed by atoms with Crippen LogP contribution in [0.1, 0.15) is 42.3 Å². The summed E-state index contributed by atoms with van der Waals surface area (Å²) in [5.41, 5.74) is 0.0716. The molecule has 1 aromatic carbocycles. The van der Waals surface area contributed by atoms with Crippen molar-refractivity contribution in [3.63, 3.8) is 0 Å². The molecule has 11 heteroatoms. The van der Waals surface area contributed by atoms with Gasteiger partial charge >= 0.3 is 6.09 Å². The Morgan fingerprint density at radius 1 is 0.897 bits per heavy atom. The van der Waals surface area contributed by atoms with E-state index < -0.39 is 11.7 Å². The molecule has 1 saturated heterocycles. The molecule has 29 heavy (non-hydrogen) atoms. The summed E-state index contributed by atoms with van der Waals surface area (Å²) < 4.78 is 5.35. The van der Waals surface area contributed by atoms with Gasteiger partial charge in [0.25, 0.3) is 5.91 Å². The molecule has 0 spiro atoms. The molecule has 0 aliphatic carbocycles. The van der Waals surface area contributed by atoms with Gasteiger partial charge in [-0.1, -0.05) is 33.5 Å². The number of carbonyl (C=O) groups is 2. The van der Waals surface area contributed by atoms with Crippen LogP contribution in [0.4, 0.5) is 4.79 Å². The highest BCUT2D eigenvalue weighted by Crippen LogP contribution is 2.19. The van der Waals surface area contributed by atoms with E-state index in [-0.39, 0.29) is 32.9 Å². The van der Waals surface area contributed by atoms with Crippen molar-refractivity contribution < 1.29 is 24.7 Å². The number of piperazine rings is 1. The lowest BCUT2D eigenvalue weighted by molar-refractivity contribution is 0.0141. The van der Waals surface area contributed by atoms with Crippen LogP contribution in [0.15, 0.2) is 28.5 Å². The van der Waals surface area contributed by atoms with Crippen molar-refractivity contribution in [1.29, 1.82) is 0 Å². The molecule has 0 aromatic heterocycles. The maximum absolute atomic E-state index is 12.9. The van der Waals surface area contributed by atoms with Crippen LogP contribution in [0, 0.1) is 0 Å². The van der Waals surface area contributed by atoms with Gasteiger partial charge in [-0.3, -0.25) is 4.79 Å². The molecule has 0 saturated carbocycles. The smallest absolute Gasteiger partial charge is 0.410 e. The molecule has 0 bridgehead atoms. The Labute approximate surface area is 178 Å². The number of oxime groups is 2. The number of benzene rings is 1. The summed E-state index contributed by atoms with van der Waals surface area (Å²) >= 11 is 11.7. The summed E-state index contributed by atoms with van der Waals surface area (Å²) in [4.78, 5) is 28.2. The number of nitrogens with zero attached hydrogens (tertiary/aromatic N) is 4. The molecule has 2 rings (SSSR count). The summed E-state index contributed by atoms with van der Waals surface area (Å²) in [5, 5.41) is 23.1. The number of amides is 2. The molecule has 0 radical (unpaired) electrons. The molecule has 0 atom stereocenters. The molecule has 2 amide bonds. The molecule has 1 aliphatic rings. The van der Waals surface area contributed by atoms with E-state index in [0.29, 0.717) is 26.2 Å². The van der Waals surface area contributed by atoms with Crippen LogP contribution in [0.25, 0.3) is 0 Å². The van der Waals surface area contributed by atoms with Crippen LogP contribution in [-0.2, 0) is 4.74 Å². The van der Waals surface area contributed by atoms with Crippen molar-refractivity contribution in [1.82, 2.24) is 9.80 Å². The number of hydrogen-bond donors (Lipinski definition) is 2. The third kappa shape index (κ3) is 5.98. The average Bonchev–Trinajstić information content (AvgIpc) is 2.70. The molecule has 158 valence electrons. The molecule has 2 N–H and O–H groups in total. The largest absolute Gasteiger partial charge is 0.444 e. The van der Waals surface area contributed by atoms with Gasteiger partial charge in [-0.15, -0.1) is 0 Å². The van der Waals surface area contributed by atoms with Gasteiger partial charge < -0.3 is 25.0 Å². The monoisotopic (exact) mass is 444 g/mol.